The fourth-order valence-electron chi connectivity index (χ4n) is 1.60. The number of aryl methyl sites for hydroxylation is 1. The molecule has 33 heavy (non-hydrogen) atoms. The van der Waals surface area contributed by atoms with Crippen molar-refractivity contribution in [2.45, 2.75) is 20.8 Å². The molecule has 0 amide bonds. The van der Waals surface area contributed by atoms with Crippen molar-refractivity contribution in [1.29, 1.82) is 0 Å². The van der Waals surface area contributed by atoms with Crippen molar-refractivity contribution in [3.05, 3.63) is 58.6 Å². The number of nitrogens with one attached hydrogen (secondary N) is 2. The normalized spacial score (nSPS) is 11.0. The number of hydrogen-bond acceptors (Lipinski definition) is 9. The van der Waals surface area contributed by atoms with Crippen LogP contribution in [0.4, 0.5) is 0 Å². The summed E-state index contributed by atoms with van der Waals surface area (Å²) in [5.41, 5.74) is 17.5. The molecule has 0 aliphatic rings. The van der Waals surface area contributed by atoms with Crippen LogP contribution in [0.2, 0.25) is 5.02 Å². The number of carbonyl (C=O) groups excluding carboxylic acids is 1. The van der Waals surface area contributed by atoms with Gasteiger partial charge >= 0.3 is 0 Å². The van der Waals surface area contributed by atoms with Crippen LogP contribution in [0.25, 0.3) is 0 Å². The fraction of sp³-hybridized carbons (Fsp3) is 0.263. The number of pyridine rings is 2. The van der Waals surface area contributed by atoms with Gasteiger partial charge in [-0.25, -0.2) is 11.0 Å². The van der Waals surface area contributed by atoms with Gasteiger partial charge in [-0.1, -0.05) is 11.6 Å². The number of aromatic nitrogens is 2. The molecule has 0 unspecified atom stereocenters. The Bertz CT molecular complexity index is 909. The lowest BCUT2D eigenvalue weighted by Crippen LogP contribution is -2.32. The van der Waals surface area contributed by atoms with Gasteiger partial charge in [0, 0.05) is 35.9 Å². The summed E-state index contributed by atoms with van der Waals surface area (Å²) in [5.74, 6) is 4.88. The maximum Gasteiger partial charge on any atom is 0.237 e. The summed E-state index contributed by atoms with van der Waals surface area (Å²) in [6.45, 7) is 6.50. The van der Waals surface area contributed by atoms with E-state index in [1.807, 2.05) is 20.8 Å². The van der Waals surface area contributed by atoms with Crippen molar-refractivity contribution in [2.24, 2.45) is 32.6 Å². The molecule has 0 radical (unpaired) electrons. The molecule has 2 heterocycles. The average molecular weight is 481 g/mol. The minimum atomic E-state index is 0.0725. The van der Waals surface area contributed by atoms with Crippen LogP contribution in [0.1, 0.15) is 35.3 Å². The van der Waals surface area contributed by atoms with Gasteiger partial charge in [0.1, 0.15) is 6.29 Å². The van der Waals surface area contributed by atoms with E-state index in [4.69, 9.17) is 33.7 Å². The van der Waals surface area contributed by atoms with Crippen molar-refractivity contribution >= 4 is 36.0 Å². The lowest BCUT2D eigenvalue weighted by molar-refractivity contribution is 0.0957. The summed E-state index contributed by atoms with van der Waals surface area (Å²) in [6.07, 6.45) is 8.72. The third-order valence-electron chi connectivity index (χ3n) is 3.14. The lowest BCUT2D eigenvalue weighted by atomic mass is 10.2. The number of aldehydes is 1. The van der Waals surface area contributed by atoms with Crippen LogP contribution in [-0.2, 0) is 9.68 Å². The van der Waals surface area contributed by atoms with Crippen LogP contribution in [-0.4, -0.2) is 47.6 Å². The Balaban J connectivity index is 0.000000511. The van der Waals surface area contributed by atoms with Crippen LogP contribution in [0.3, 0.4) is 0 Å². The molecule has 0 bridgehead atoms. The molecule has 0 spiro atoms. The fourth-order valence-corrected chi connectivity index (χ4v) is 1.77. The van der Waals surface area contributed by atoms with E-state index in [1.54, 1.807) is 30.7 Å². The molecule has 8 N–H and O–H groups in total. The summed E-state index contributed by atoms with van der Waals surface area (Å²) in [5, 5.41) is 11.0. The Morgan fingerprint density at radius 1 is 1.06 bits per heavy atom. The van der Waals surface area contributed by atoms with Crippen LogP contribution in [0.5, 0.6) is 0 Å². The molecule has 0 aromatic carbocycles. The van der Waals surface area contributed by atoms with E-state index in [0.717, 1.165) is 11.8 Å². The molecule has 0 aliphatic heterocycles. The first-order chi connectivity index (χ1) is 15.9. The number of carbonyl (C=O) groups is 1. The van der Waals surface area contributed by atoms with Crippen LogP contribution in [0.15, 0.2) is 52.2 Å². The number of nitrogens with zero attached hydrogens (tertiary/aromatic N) is 5. The molecule has 0 fully saturated rings. The van der Waals surface area contributed by atoms with Crippen LogP contribution < -0.4 is 28.3 Å². The number of hydroxylamine groups is 2. The van der Waals surface area contributed by atoms with Crippen molar-refractivity contribution in [3.8, 4) is 0 Å². The molecular weight excluding hydrogens is 452 g/mol. The molecule has 13 nitrogen and oxygen atoms in total. The highest BCUT2D eigenvalue weighted by Crippen LogP contribution is 2.10. The van der Waals surface area contributed by atoms with E-state index in [9.17, 15) is 4.79 Å². The Hall–Kier alpha value is -3.81. The van der Waals surface area contributed by atoms with Gasteiger partial charge in [0.2, 0.25) is 11.9 Å². The highest BCUT2D eigenvalue weighted by Gasteiger charge is 1.94. The number of guanidine groups is 2. The number of nitrogens with two attached hydrogens (primary N) is 3. The summed E-state index contributed by atoms with van der Waals surface area (Å²) in [7, 11) is 0. The second-order valence-corrected chi connectivity index (χ2v) is 5.97. The molecule has 2 aromatic rings. The van der Waals surface area contributed by atoms with E-state index < -0.39 is 0 Å². The van der Waals surface area contributed by atoms with Crippen LogP contribution in [0, 0.1) is 6.92 Å². The molecule has 0 saturated heterocycles. The predicted molar refractivity (Wildman–Crippen MR) is 128 cm³/mol. The first-order valence-corrected chi connectivity index (χ1v) is 9.87. The number of halogens is 1. The third-order valence-corrected chi connectivity index (χ3v) is 3.45. The van der Waals surface area contributed by atoms with Gasteiger partial charge < -0.3 is 17.3 Å². The maximum absolute atomic E-state index is 10.2. The predicted octanol–water partition coefficient (Wildman–Crippen LogP) is 0.843. The van der Waals surface area contributed by atoms with Gasteiger partial charge in [-0.3, -0.25) is 24.4 Å². The van der Waals surface area contributed by atoms with E-state index in [1.165, 1.54) is 12.4 Å². The topological polar surface area (TPSA) is 201 Å². The molecule has 2 aromatic heterocycles. The van der Waals surface area contributed by atoms with E-state index in [-0.39, 0.29) is 11.9 Å². The molecule has 0 atom stereocenters. The highest BCUT2D eigenvalue weighted by atomic mass is 35.5. The van der Waals surface area contributed by atoms with Crippen molar-refractivity contribution in [3.63, 3.8) is 0 Å². The van der Waals surface area contributed by atoms with Crippen molar-refractivity contribution in [1.82, 2.24) is 20.9 Å². The Morgan fingerprint density at radius 3 is 2.12 bits per heavy atom. The first kappa shape index (κ1) is 29.2. The smallest absolute Gasteiger partial charge is 0.237 e. The molecule has 0 aliphatic carbocycles. The Morgan fingerprint density at radius 2 is 1.64 bits per heavy atom. The van der Waals surface area contributed by atoms with E-state index >= 15 is 0 Å². The largest absolute Gasteiger partial charge is 0.367 e. The molecule has 2 rings (SSSR count). The van der Waals surface area contributed by atoms with Gasteiger partial charge in [-0.2, -0.15) is 5.10 Å². The van der Waals surface area contributed by atoms with E-state index in [2.05, 4.69) is 41.1 Å². The minimum Gasteiger partial charge on any atom is -0.367 e. The van der Waals surface area contributed by atoms with Gasteiger partial charge in [0.05, 0.1) is 24.5 Å². The van der Waals surface area contributed by atoms with E-state index in [0.29, 0.717) is 29.4 Å². The lowest BCUT2D eigenvalue weighted by Gasteiger charge is -2.00. The van der Waals surface area contributed by atoms with Gasteiger partial charge in [-0.15, -0.1) is 10.2 Å². The standard InChI is InChI=1S/C9H12ClN5O.C7H7NO.C3H10N4O/c1-2-16-15-9(11)14-13-5-7-3-4-12-6-8(7)10;1-6-4-8-3-2-7(6)5-9;1-2-8-7-3(4)6-5/h3-6H,2H2,1H3,(H3,11,14,15);2-5H,1H3;2,5H2,1H3,(H3,4,6,7)/b13-5+;;. The number of rotatable bonds is 7. The van der Waals surface area contributed by atoms with Gasteiger partial charge in [0.25, 0.3) is 0 Å². The quantitative estimate of drug-likeness (QED) is 0.124. The third kappa shape index (κ3) is 14.8. The molecular formula is C19H29ClN10O3. The monoisotopic (exact) mass is 480 g/mol. The van der Waals surface area contributed by atoms with Crippen molar-refractivity contribution in [2.75, 3.05) is 13.2 Å². The second kappa shape index (κ2) is 18.9. The second-order valence-electron chi connectivity index (χ2n) is 5.56. The zero-order valence-corrected chi connectivity index (χ0v) is 19.4. The zero-order chi connectivity index (χ0) is 24.9. The van der Waals surface area contributed by atoms with Gasteiger partial charge in [-0.05, 0) is 38.5 Å². The maximum atomic E-state index is 10.2. The highest BCUT2D eigenvalue weighted by molar-refractivity contribution is 6.32. The number of hydrazone groups is 1. The zero-order valence-electron chi connectivity index (χ0n) is 18.6. The number of hydrogen-bond donors (Lipinski definition) is 5. The summed E-state index contributed by atoms with van der Waals surface area (Å²) >= 11 is 5.85. The average Bonchev–Trinajstić information content (AvgIpc) is 2.83. The Kier molecular flexibility index (Phi) is 16.7. The summed E-state index contributed by atoms with van der Waals surface area (Å²) in [6, 6.07) is 3.41. The minimum absolute atomic E-state index is 0.0725. The van der Waals surface area contributed by atoms with Crippen molar-refractivity contribution < 1.29 is 14.5 Å². The first-order valence-electron chi connectivity index (χ1n) is 9.50. The SMILES string of the molecule is CCONC(N)=N/N=C/c1ccncc1Cl.CCONC(N)=NN.Cc1cnccc1C=O. The summed E-state index contributed by atoms with van der Waals surface area (Å²) < 4.78 is 0. The Labute approximate surface area is 197 Å². The summed E-state index contributed by atoms with van der Waals surface area (Å²) in [4.78, 5) is 27.3. The van der Waals surface area contributed by atoms with Crippen LogP contribution >= 0.6 is 11.6 Å². The molecule has 180 valence electrons. The molecule has 14 heteroatoms. The molecule has 0 saturated carbocycles. The van der Waals surface area contributed by atoms with Gasteiger partial charge in [0.15, 0.2) is 0 Å².